The van der Waals surface area contributed by atoms with E-state index in [0.717, 1.165) is 11.0 Å². The van der Waals surface area contributed by atoms with Crippen molar-refractivity contribution in [3.8, 4) is 6.07 Å². The van der Waals surface area contributed by atoms with Gasteiger partial charge in [0.25, 0.3) is 0 Å². The zero-order valence-corrected chi connectivity index (χ0v) is 6.37. The molecular formula is C10H6NO. The van der Waals surface area contributed by atoms with E-state index >= 15 is 0 Å². The normalized spacial score (nSPS) is 10.0. The Morgan fingerprint density at radius 3 is 2.83 bits per heavy atom. The molecule has 1 aromatic carbocycles. The number of fused-ring (bicyclic) bond motifs is 1. The number of para-hydroxylation sites is 1. The Labute approximate surface area is 70.0 Å². The van der Waals surface area contributed by atoms with Gasteiger partial charge in [0, 0.05) is 12.3 Å². The molecule has 2 nitrogen and oxygen atoms in total. The van der Waals surface area contributed by atoms with Gasteiger partial charge in [-0.15, -0.1) is 0 Å². The quantitative estimate of drug-likeness (QED) is 0.587. The van der Waals surface area contributed by atoms with E-state index in [9.17, 15) is 0 Å². The second-order valence-electron chi connectivity index (χ2n) is 2.51. The molecule has 0 aliphatic heterocycles. The average Bonchev–Trinajstić information content (AvgIpc) is 2.40. The molecule has 0 aliphatic carbocycles. The molecular weight excluding hydrogens is 150 g/mol. The minimum atomic E-state index is 0.443. The molecule has 0 atom stereocenters. The van der Waals surface area contributed by atoms with Crippen molar-refractivity contribution >= 4 is 11.0 Å². The number of benzene rings is 1. The van der Waals surface area contributed by atoms with Gasteiger partial charge < -0.3 is 4.42 Å². The topological polar surface area (TPSA) is 36.9 Å². The second-order valence-corrected chi connectivity index (χ2v) is 2.51. The van der Waals surface area contributed by atoms with Crippen LogP contribution in [-0.2, 0) is 0 Å². The lowest BCUT2D eigenvalue weighted by Gasteiger charge is -1.83. The molecule has 0 saturated carbocycles. The third-order valence-corrected chi connectivity index (χ3v) is 1.78. The van der Waals surface area contributed by atoms with Gasteiger partial charge in [-0.3, -0.25) is 0 Å². The maximum absolute atomic E-state index is 8.76. The van der Waals surface area contributed by atoms with Gasteiger partial charge in [-0.1, -0.05) is 12.1 Å². The molecule has 0 spiro atoms. The van der Waals surface area contributed by atoms with Crippen LogP contribution in [0.1, 0.15) is 11.3 Å². The van der Waals surface area contributed by atoms with Crippen molar-refractivity contribution in [2.24, 2.45) is 0 Å². The van der Waals surface area contributed by atoms with Crippen LogP contribution in [0.4, 0.5) is 0 Å². The standard InChI is InChI=1S/C10H6NO/c1-7-9(6-11)8-4-2-3-5-10(8)12-7/h2-5H,1H2. The maximum Gasteiger partial charge on any atom is 0.135 e. The SMILES string of the molecule is [CH2]c1oc2ccccc2c1C#N. The Bertz CT molecular complexity index is 462. The Morgan fingerprint density at radius 1 is 1.33 bits per heavy atom. The second kappa shape index (κ2) is 2.38. The summed E-state index contributed by atoms with van der Waals surface area (Å²) in [5.41, 5.74) is 1.25. The van der Waals surface area contributed by atoms with Crippen LogP contribution < -0.4 is 0 Å². The largest absolute Gasteiger partial charge is 0.460 e. The lowest BCUT2D eigenvalue weighted by Crippen LogP contribution is -1.71. The van der Waals surface area contributed by atoms with Gasteiger partial charge in [0.1, 0.15) is 23.0 Å². The zero-order chi connectivity index (χ0) is 8.55. The van der Waals surface area contributed by atoms with Crippen LogP contribution in [0, 0.1) is 18.3 Å². The van der Waals surface area contributed by atoms with Crippen LogP contribution in [0.5, 0.6) is 0 Å². The highest BCUT2D eigenvalue weighted by Crippen LogP contribution is 2.23. The third-order valence-electron chi connectivity index (χ3n) is 1.78. The van der Waals surface area contributed by atoms with Crippen molar-refractivity contribution < 1.29 is 4.42 Å². The van der Waals surface area contributed by atoms with Crippen LogP contribution >= 0.6 is 0 Å². The van der Waals surface area contributed by atoms with Gasteiger partial charge >= 0.3 is 0 Å². The fourth-order valence-electron chi connectivity index (χ4n) is 1.22. The summed E-state index contributed by atoms with van der Waals surface area (Å²) in [5, 5.41) is 9.59. The molecule has 0 fully saturated rings. The fourth-order valence-corrected chi connectivity index (χ4v) is 1.22. The first-order chi connectivity index (χ1) is 5.83. The Hall–Kier alpha value is -1.75. The summed E-state index contributed by atoms with van der Waals surface area (Å²) in [7, 11) is 0. The minimum Gasteiger partial charge on any atom is -0.460 e. The van der Waals surface area contributed by atoms with Crippen molar-refractivity contribution in [1.82, 2.24) is 0 Å². The molecule has 0 N–H and O–H groups in total. The Kier molecular flexibility index (Phi) is 1.38. The van der Waals surface area contributed by atoms with Crippen molar-refractivity contribution in [3.63, 3.8) is 0 Å². The van der Waals surface area contributed by atoms with Crippen LogP contribution in [0.25, 0.3) is 11.0 Å². The first kappa shape index (κ1) is 6.93. The molecule has 0 bridgehead atoms. The number of rotatable bonds is 0. The van der Waals surface area contributed by atoms with Crippen molar-refractivity contribution in [1.29, 1.82) is 5.26 Å². The Morgan fingerprint density at radius 2 is 2.08 bits per heavy atom. The molecule has 2 aromatic rings. The highest BCUT2D eigenvalue weighted by Gasteiger charge is 2.08. The molecule has 1 radical (unpaired) electrons. The first-order valence-corrected chi connectivity index (χ1v) is 3.56. The molecule has 0 unspecified atom stereocenters. The molecule has 0 aliphatic rings. The number of hydrogen-bond acceptors (Lipinski definition) is 2. The number of furan rings is 1. The third kappa shape index (κ3) is 0.802. The summed E-state index contributed by atoms with van der Waals surface area (Å²) < 4.78 is 5.26. The molecule has 12 heavy (non-hydrogen) atoms. The van der Waals surface area contributed by atoms with Gasteiger partial charge in [0.2, 0.25) is 0 Å². The summed E-state index contributed by atoms with van der Waals surface area (Å²) in [6.07, 6.45) is 0. The van der Waals surface area contributed by atoms with E-state index in [0.29, 0.717) is 11.3 Å². The van der Waals surface area contributed by atoms with Crippen LogP contribution in [0.15, 0.2) is 28.7 Å². The average molecular weight is 156 g/mol. The highest BCUT2D eigenvalue weighted by molar-refractivity contribution is 5.85. The summed E-state index contributed by atoms with van der Waals surface area (Å²) in [4.78, 5) is 0. The predicted molar refractivity (Wildman–Crippen MR) is 45.4 cm³/mol. The number of nitrogens with zero attached hydrogens (tertiary/aromatic N) is 1. The number of nitriles is 1. The zero-order valence-electron chi connectivity index (χ0n) is 6.37. The molecule has 2 rings (SSSR count). The predicted octanol–water partition coefficient (Wildman–Crippen LogP) is 2.49. The van der Waals surface area contributed by atoms with Crippen molar-refractivity contribution in [2.75, 3.05) is 0 Å². The van der Waals surface area contributed by atoms with E-state index in [1.807, 2.05) is 24.3 Å². The summed E-state index contributed by atoms with van der Waals surface area (Å²) in [6, 6.07) is 9.48. The van der Waals surface area contributed by atoms with E-state index < -0.39 is 0 Å². The molecule has 57 valence electrons. The number of hydrogen-bond donors (Lipinski definition) is 0. The summed E-state index contributed by atoms with van der Waals surface area (Å²) >= 11 is 0. The molecule has 1 heterocycles. The lowest BCUT2D eigenvalue weighted by molar-refractivity contribution is 0.594. The Balaban J connectivity index is 2.93. The van der Waals surface area contributed by atoms with E-state index in [-0.39, 0.29) is 0 Å². The smallest absolute Gasteiger partial charge is 0.135 e. The summed E-state index contributed by atoms with van der Waals surface area (Å²) in [5.74, 6) is 0.443. The van der Waals surface area contributed by atoms with Crippen molar-refractivity contribution in [3.05, 3.63) is 42.5 Å². The highest BCUT2D eigenvalue weighted by atomic mass is 16.3. The van der Waals surface area contributed by atoms with E-state index in [1.165, 1.54) is 0 Å². The summed E-state index contributed by atoms with van der Waals surface area (Å²) in [6.45, 7) is 3.64. The van der Waals surface area contributed by atoms with Gasteiger partial charge in [-0.2, -0.15) is 5.26 Å². The van der Waals surface area contributed by atoms with Gasteiger partial charge in [-0.05, 0) is 12.1 Å². The molecule has 0 amide bonds. The fraction of sp³-hybridized carbons (Fsp3) is 0. The van der Waals surface area contributed by atoms with Gasteiger partial charge in [0.05, 0.1) is 0 Å². The van der Waals surface area contributed by atoms with Crippen LogP contribution in [0.2, 0.25) is 0 Å². The maximum atomic E-state index is 8.76. The van der Waals surface area contributed by atoms with E-state index in [1.54, 1.807) is 0 Å². The lowest BCUT2D eigenvalue weighted by atomic mass is 10.1. The van der Waals surface area contributed by atoms with E-state index in [4.69, 9.17) is 9.68 Å². The molecule has 1 aromatic heterocycles. The first-order valence-electron chi connectivity index (χ1n) is 3.56. The molecule has 0 saturated heterocycles. The minimum absolute atomic E-state index is 0.443. The van der Waals surface area contributed by atoms with Crippen molar-refractivity contribution in [2.45, 2.75) is 0 Å². The monoisotopic (exact) mass is 156 g/mol. The van der Waals surface area contributed by atoms with Crippen LogP contribution in [-0.4, -0.2) is 0 Å². The van der Waals surface area contributed by atoms with Gasteiger partial charge in [0.15, 0.2) is 0 Å². The van der Waals surface area contributed by atoms with Gasteiger partial charge in [-0.25, -0.2) is 0 Å². The van der Waals surface area contributed by atoms with E-state index in [2.05, 4.69) is 13.0 Å². The van der Waals surface area contributed by atoms with Crippen LogP contribution in [0.3, 0.4) is 0 Å². The molecule has 2 heteroatoms.